The number of hydrogen-bond donors (Lipinski definition) is 1. The second-order valence-corrected chi connectivity index (χ2v) is 11.4. The van der Waals surface area contributed by atoms with Crippen LogP contribution >= 0.6 is 0 Å². The molecule has 0 unspecified atom stereocenters. The van der Waals surface area contributed by atoms with E-state index in [9.17, 15) is 18.5 Å². The van der Waals surface area contributed by atoms with Gasteiger partial charge in [-0.1, -0.05) is 32.0 Å². The number of nitrogens with one attached hydrogen (secondary N) is 1. The van der Waals surface area contributed by atoms with Crippen LogP contribution in [0.15, 0.2) is 66.4 Å². The quantitative estimate of drug-likeness (QED) is 0.369. The molecule has 1 fully saturated rings. The average Bonchev–Trinajstić information content (AvgIpc) is 3.44. The summed E-state index contributed by atoms with van der Waals surface area (Å²) in [6.45, 7) is 4.77. The minimum Gasteiger partial charge on any atom is -0.493 e. The highest BCUT2D eigenvalue weighted by molar-refractivity contribution is 7.91. The van der Waals surface area contributed by atoms with Gasteiger partial charge in [-0.25, -0.2) is 13.1 Å². The molecule has 4 rings (SSSR count). The maximum Gasteiger partial charge on any atom is 0.262 e. The van der Waals surface area contributed by atoms with Gasteiger partial charge >= 0.3 is 0 Å². The molecule has 1 atom stereocenters. The molecule has 8 nitrogen and oxygen atoms in total. The van der Waals surface area contributed by atoms with Crippen molar-refractivity contribution in [2.75, 3.05) is 18.1 Å². The van der Waals surface area contributed by atoms with Crippen molar-refractivity contribution in [2.45, 2.75) is 26.3 Å². The fourth-order valence-electron chi connectivity index (χ4n) is 3.88. The number of nitriles is 1. The van der Waals surface area contributed by atoms with E-state index in [2.05, 4.69) is 19.2 Å². The number of sulfone groups is 1. The summed E-state index contributed by atoms with van der Waals surface area (Å²) < 4.78 is 31.0. The fraction of sp³-hybridized carbons (Fsp3) is 0.296. The number of benzene rings is 2. The molecule has 9 heteroatoms. The molecule has 3 aromatic rings. The molecule has 2 aromatic carbocycles. The van der Waals surface area contributed by atoms with Crippen LogP contribution in [0.25, 0.3) is 23.0 Å². The molecule has 1 N–H and O–H groups in total. The molecule has 1 aliphatic heterocycles. The van der Waals surface area contributed by atoms with Gasteiger partial charge in [0, 0.05) is 23.4 Å². The third-order valence-corrected chi connectivity index (χ3v) is 7.47. The first-order chi connectivity index (χ1) is 17.2. The van der Waals surface area contributed by atoms with Crippen LogP contribution in [0.5, 0.6) is 5.75 Å². The lowest BCUT2D eigenvalue weighted by molar-refractivity contribution is -0.117. The Bertz CT molecular complexity index is 1400. The summed E-state index contributed by atoms with van der Waals surface area (Å²) in [4.78, 5) is 12.8. The van der Waals surface area contributed by atoms with Gasteiger partial charge in [-0.05, 0) is 54.8 Å². The van der Waals surface area contributed by atoms with Crippen LogP contribution in [0.2, 0.25) is 0 Å². The van der Waals surface area contributed by atoms with Gasteiger partial charge in [0.25, 0.3) is 5.91 Å². The number of rotatable bonds is 8. The van der Waals surface area contributed by atoms with E-state index < -0.39 is 21.8 Å². The van der Waals surface area contributed by atoms with Crippen LogP contribution in [0.1, 0.15) is 25.8 Å². The summed E-state index contributed by atoms with van der Waals surface area (Å²) >= 11 is 0. The topological polar surface area (TPSA) is 114 Å². The van der Waals surface area contributed by atoms with Crippen molar-refractivity contribution >= 4 is 21.8 Å². The molecular formula is C27H28N4O4S. The van der Waals surface area contributed by atoms with E-state index in [1.807, 2.05) is 60.7 Å². The normalized spacial score (nSPS) is 17.1. The molecule has 1 saturated heterocycles. The van der Waals surface area contributed by atoms with Crippen LogP contribution in [0, 0.1) is 17.2 Å². The Morgan fingerprint density at radius 2 is 1.94 bits per heavy atom. The van der Waals surface area contributed by atoms with E-state index in [4.69, 9.17) is 9.84 Å². The Morgan fingerprint density at radius 1 is 1.22 bits per heavy atom. The molecule has 36 heavy (non-hydrogen) atoms. The molecule has 0 bridgehead atoms. The molecule has 1 aromatic heterocycles. The van der Waals surface area contributed by atoms with Gasteiger partial charge in [0.2, 0.25) is 0 Å². The van der Waals surface area contributed by atoms with E-state index in [1.54, 1.807) is 10.9 Å². The first kappa shape index (κ1) is 25.2. The van der Waals surface area contributed by atoms with Gasteiger partial charge in [-0.3, -0.25) is 4.79 Å². The molecular weight excluding hydrogens is 476 g/mol. The SMILES string of the molecule is CC(C)COc1ccc(-c2nn(-c3ccccc3)cc2/C=C(/C#N)C(=O)N[C@H]2CCS(=O)(=O)C2)cc1. The van der Waals surface area contributed by atoms with Gasteiger partial charge < -0.3 is 10.1 Å². The first-order valence-corrected chi connectivity index (χ1v) is 13.6. The summed E-state index contributed by atoms with van der Waals surface area (Å²) in [6, 6.07) is 18.5. The second-order valence-electron chi connectivity index (χ2n) is 9.19. The number of carbonyl (C=O) groups is 1. The number of carbonyl (C=O) groups excluding carboxylic acids is 1. The Labute approximate surface area is 211 Å². The molecule has 0 radical (unpaired) electrons. The van der Waals surface area contributed by atoms with Crippen molar-refractivity contribution in [1.29, 1.82) is 5.26 Å². The highest BCUT2D eigenvalue weighted by Gasteiger charge is 2.29. The Hall–Kier alpha value is -3.90. The molecule has 1 amide bonds. The van der Waals surface area contributed by atoms with Crippen molar-refractivity contribution in [3.8, 4) is 28.8 Å². The first-order valence-electron chi connectivity index (χ1n) is 11.8. The lowest BCUT2D eigenvalue weighted by atomic mass is 10.1. The number of para-hydroxylation sites is 1. The predicted octanol–water partition coefficient (Wildman–Crippen LogP) is 3.78. The third kappa shape index (κ3) is 6.20. The number of nitrogens with zero attached hydrogens (tertiary/aromatic N) is 3. The highest BCUT2D eigenvalue weighted by Crippen LogP contribution is 2.28. The second kappa shape index (κ2) is 10.8. The molecule has 1 aliphatic rings. The molecule has 0 saturated carbocycles. The van der Waals surface area contributed by atoms with E-state index >= 15 is 0 Å². The summed E-state index contributed by atoms with van der Waals surface area (Å²) in [6.07, 6.45) is 3.59. The summed E-state index contributed by atoms with van der Waals surface area (Å²) in [5, 5.41) is 17.1. The average molecular weight is 505 g/mol. The maximum absolute atomic E-state index is 12.8. The largest absolute Gasteiger partial charge is 0.493 e. The Balaban J connectivity index is 1.66. The number of ether oxygens (including phenoxy) is 1. The van der Waals surface area contributed by atoms with Crippen molar-refractivity contribution in [3.05, 3.63) is 71.9 Å². The summed E-state index contributed by atoms with van der Waals surface area (Å²) in [5.41, 5.74) is 2.69. The minimum atomic E-state index is -3.16. The van der Waals surface area contributed by atoms with E-state index in [-0.39, 0.29) is 17.1 Å². The Morgan fingerprint density at radius 3 is 2.56 bits per heavy atom. The molecule has 2 heterocycles. The van der Waals surface area contributed by atoms with Crippen molar-refractivity contribution in [1.82, 2.24) is 15.1 Å². The van der Waals surface area contributed by atoms with Crippen LogP contribution < -0.4 is 10.1 Å². The van der Waals surface area contributed by atoms with Crippen LogP contribution in [0.4, 0.5) is 0 Å². The van der Waals surface area contributed by atoms with Crippen LogP contribution in [-0.2, 0) is 14.6 Å². The molecule has 0 aliphatic carbocycles. The van der Waals surface area contributed by atoms with Crippen LogP contribution in [-0.4, -0.2) is 48.3 Å². The fourth-order valence-corrected chi connectivity index (χ4v) is 5.55. The Kier molecular flexibility index (Phi) is 7.55. The zero-order chi connectivity index (χ0) is 25.7. The van der Waals surface area contributed by atoms with Crippen molar-refractivity contribution in [3.63, 3.8) is 0 Å². The zero-order valence-electron chi connectivity index (χ0n) is 20.2. The smallest absolute Gasteiger partial charge is 0.262 e. The number of hydrogen-bond acceptors (Lipinski definition) is 6. The summed E-state index contributed by atoms with van der Waals surface area (Å²) in [5.74, 6) is 0.475. The van der Waals surface area contributed by atoms with E-state index in [0.29, 0.717) is 30.2 Å². The minimum absolute atomic E-state index is 0.0361. The van der Waals surface area contributed by atoms with Crippen molar-refractivity contribution < 1.29 is 17.9 Å². The van der Waals surface area contributed by atoms with Crippen molar-refractivity contribution in [2.24, 2.45) is 5.92 Å². The standard InChI is InChI=1S/C27H28N4O4S/c1-19(2)17-35-25-10-8-20(9-11-25)26-22(16-31(30-26)24-6-4-3-5-7-24)14-21(15-28)27(32)29-23-12-13-36(33,34)18-23/h3-11,14,16,19,23H,12-13,17-18H2,1-2H3,(H,29,32)/b21-14-/t23-/m0/s1. The molecule has 186 valence electrons. The monoisotopic (exact) mass is 504 g/mol. The number of aromatic nitrogens is 2. The van der Waals surface area contributed by atoms with Gasteiger partial charge in [-0.15, -0.1) is 0 Å². The van der Waals surface area contributed by atoms with Gasteiger partial charge in [0.15, 0.2) is 9.84 Å². The van der Waals surface area contributed by atoms with Gasteiger partial charge in [0.05, 0.1) is 29.5 Å². The third-order valence-electron chi connectivity index (χ3n) is 5.71. The zero-order valence-corrected chi connectivity index (χ0v) is 21.0. The van der Waals surface area contributed by atoms with Gasteiger partial charge in [0.1, 0.15) is 17.4 Å². The van der Waals surface area contributed by atoms with E-state index in [1.165, 1.54) is 6.08 Å². The number of amides is 1. The maximum atomic E-state index is 12.8. The highest BCUT2D eigenvalue weighted by atomic mass is 32.2. The predicted molar refractivity (Wildman–Crippen MR) is 138 cm³/mol. The lowest BCUT2D eigenvalue weighted by Gasteiger charge is -2.10. The van der Waals surface area contributed by atoms with Crippen LogP contribution in [0.3, 0.4) is 0 Å². The lowest BCUT2D eigenvalue weighted by Crippen LogP contribution is -2.36. The van der Waals surface area contributed by atoms with E-state index in [0.717, 1.165) is 17.0 Å². The molecule has 0 spiro atoms. The van der Waals surface area contributed by atoms with Gasteiger partial charge in [-0.2, -0.15) is 10.4 Å². The summed E-state index contributed by atoms with van der Waals surface area (Å²) in [7, 11) is -3.16.